The predicted molar refractivity (Wildman–Crippen MR) is 95.9 cm³/mol. The molecule has 2 N–H and O–H groups in total. The molecule has 1 aromatic carbocycles. The fourth-order valence-electron chi connectivity index (χ4n) is 2.92. The lowest BCUT2D eigenvalue weighted by atomic mass is 9.96. The molecule has 1 atom stereocenters. The van der Waals surface area contributed by atoms with Crippen LogP contribution in [0.15, 0.2) is 24.3 Å². The lowest BCUT2D eigenvalue weighted by Crippen LogP contribution is -2.50. The van der Waals surface area contributed by atoms with Crippen molar-refractivity contribution in [3.63, 3.8) is 0 Å². The van der Waals surface area contributed by atoms with Crippen molar-refractivity contribution in [2.24, 2.45) is 0 Å². The first-order valence-corrected chi connectivity index (χ1v) is 8.90. The minimum atomic E-state index is -0.432. The molecule has 132 valence electrons. The van der Waals surface area contributed by atoms with Crippen molar-refractivity contribution in [2.45, 2.75) is 57.7 Å². The summed E-state index contributed by atoms with van der Waals surface area (Å²) in [6.45, 7) is 2.32. The van der Waals surface area contributed by atoms with Gasteiger partial charge in [-0.05, 0) is 38.4 Å². The Labute approximate surface area is 148 Å². The zero-order valence-corrected chi connectivity index (χ0v) is 15.1. The van der Waals surface area contributed by atoms with Crippen LogP contribution in [-0.4, -0.2) is 36.0 Å². The Kier molecular flexibility index (Phi) is 7.06. The minimum Gasteiger partial charge on any atom is -0.335 e. The summed E-state index contributed by atoms with van der Waals surface area (Å²) in [7, 11) is 1.84. The molecule has 0 bridgehead atoms. The Morgan fingerprint density at radius 2 is 1.92 bits per heavy atom. The molecule has 1 fully saturated rings. The number of hydrogen-bond acceptors (Lipinski definition) is 3. The number of urea groups is 1. The molecule has 0 spiro atoms. The molecule has 0 heterocycles. The number of benzene rings is 1. The molecular weight excluding hydrogens is 326 g/mol. The second kappa shape index (κ2) is 9.04. The van der Waals surface area contributed by atoms with E-state index in [0.717, 1.165) is 31.2 Å². The smallest absolute Gasteiger partial charge is 0.321 e. The zero-order valence-electron chi connectivity index (χ0n) is 14.3. The molecule has 0 aliphatic heterocycles. The van der Waals surface area contributed by atoms with Crippen LogP contribution in [0.25, 0.3) is 0 Å². The van der Waals surface area contributed by atoms with Gasteiger partial charge in [0.05, 0.1) is 6.04 Å². The average Bonchev–Trinajstić information content (AvgIpc) is 2.57. The number of carbonyl (C=O) groups is 2. The number of hydrogen-bond donors (Lipinski definition) is 2. The van der Waals surface area contributed by atoms with Gasteiger partial charge in [-0.3, -0.25) is 15.0 Å². The number of likely N-dealkylation sites (N-methyl/N-ethyl adjacent to an activating group) is 1. The molecule has 0 saturated heterocycles. The van der Waals surface area contributed by atoms with E-state index >= 15 is 0 Å². The third kappa shape index (κ3) is 5.49. The number of amides is 3. The summed E-state index contributed by atoms with van der Waals surface area (Å²) in [5.74, 6) is -0.308. The fourth-order valence-corrected chi connectivity index (χ4v) is 3.11. The van der Waals surface area contributed by atoms with Crippen LogP contribution >= 0.6 is 11.6 Å². The zero-order chi connectivity index (χ0) is 17.5. The van der Waals surface area contributed by atoms with Gasteiger partial charge in [-0.1, -0.05) is 49.1 Å². The summed E-state index contributed by atoms with van der Waals surface area (Å²) in [5.41, 5.74) is 0.952. The largest absolute Gasteiger partial charge is 0.335 e. The maximum atomic E-state index is 12.3. The van der Waals surface area contributed by atoms with E-state index in [9.17, 15) is 9.59 Å². The maximum absolute atomic E-state index is 12.3. The van der Waals surface area contributed by atoms with Gasteiger partial charge in [0.2, 0.25) is 5.91 Å². The van der Waals surface area contributed by atoms with E-state index < -0.39 is 12.1 Å². The lowest BCUT2D eigenvalue weighted by molar-refractivity contribution is -0.124. The molecule has 0 radical (unpaired) electrons. The van der Waals surface area contributed by atoms with E-state index in [1.807, 2.05) is 36.2 Å². The molecule has 3 amide bonds. The predicted octanol–water partition coefficient (Wildman–Crippen LogP) is 3.32. The van der Waals surface area contributed by atoms with Crippen molar-refractivity contribution in [2.75, 3.05) is 7.05 Å². The van der Waals surface area contributed by atoms with Gasteiger partial charge in [0.1, 0.15) is 0 Å². The third-order valence-electron chi connectivity index (χ3n) is 4.60. The van der Waals surface area contributed by atoms with Gasteiger partial charge >= 0.3 is 6.03 Å². The molecule has 2 rings (SSSR count). The number of nitrogens with one attached hydrogen (secondary N) is 2. The van der Waals surface area contributed by atoms with Crippen molar-refractivity contribution >= 4 is 23.5 Å². The number of rotatable bonds is 5. The topological polar surface area (TPSA) is 61.4 Å². The van der Waals surface area contributed by atoms with Gasteiger partial charge in [-0.25, -0.2) is 4.79 Å². The average molecular weight is 352 g/mol. The summed E-state index contributed by atoms with van der Waals surface area (Å²) >= 11 is 6.15. The normalized spacial score (nSPS) is 16.7. The highest BCUT2D eigenvalue weighted by Gasteiger charge is 2.22. The van der Waals surface area contributed by atoms with Crippen molar-refractivity contribution in [3.8, 4) is 0 Å². The van der Waals surface area contributed by atoms with Crippen LogP contribution in [0.1, 0.15) is 44.6 Å². The number of carbonyl (C=O) groups excluding carboxylic acids is 2. The Morgan fingerprint density at radius 3 is 2.58 bits per heavy atom. The number of nitrogens with zero attached hydrogens (tertiary/aromatic N) is 1. The highest BCUT2D eigenvalue weighted by molar-refractivity contribution is 6.31. The van der Waals surface area contributed by atoms with Crippen LogP contribution in [0.5, 0.6) is 0 Å². The van der Waals surface area contributed by atoms with E-state index in [0.29, 0.717) is 11.6 Å². The Bertz CT molecular complexity index is 573. The van der Waals surface area contributed by atoms with E-state index in [1.54, 1.807) is 6.92 Å². The second-order valence-corrected chi connectivity index (χ2v) is 6.89. The first-order chi connectivity index (χ1) is 11.5. The lowest BCUT2D eigenvalue weighted by Gasteiger charge is -2.25. The van der Waals surface area contributed by atoms with Crippen LogP contribution in [0, 0.1) is 0 Å². The van der Waals surface area contributed by atoms with Crippen LogP contribution in [0.2, 0.25) is 5.02 Å². The van der Waals surface area contributed by atoms with Gasteiger partial charge < -0.3 is 5.32 Å². The minimum absolute atomic E-state index is 0.183. The number of imide groups is 1. The summed E-state index contributed by atoms with van der Waals surface area (Å²) in [4.78, 5) is 26.1. The van der Waals surface area contributed by atoms with E-state index in [2.05, 4.69) is 10.6 Å². The van der Waals surface area contributed by atoms with Gasteiger partial charge in [-0.15, -0.1) is 0 Å². The number of halogens is 1. The Hall–Kier alpha value is -1.59. The van der Waals surface area contributed by atoms with Crippen LogP contribution in [0.4, 0.5) is 4.79 Å². The van der Waals surface area contributed by atoms with E-state index in [-0.39, 0.29) is 11.9 Å². The highest BCUT2D eigenvalue weighted by atomic mass is 35.5. The van der Waals surface area contributed by atoms with Gasteiger partial charge in [0, 0.05) is 17.6 Å². The summed E-state index contributed by atoms with van der Waals surface area (Å²) in [6.07, 6.45) is 5.47. The molecule has 1 unspecified atom stereocenters. The SMILES string of the molecule is CC(C(=O)NC(=O)NC1CCCCC1)N(C)Cc1ccccc1Cl. The van der Waals surface area contributed by atoms with Crippen LogP contribution in [-0.2, 0) is 11.3 Å². The molecule has 1 aliphatic rings. The van der Waals surface area contributed by atoms with Crippen molar-refractivity contribution < 1.29 is 9.59 Å². The van der Waals surface area contributed by atoms with Gasteiger partial charge in [0.25, 0.3) is 0 Å². The Morgan fingerprint density at radius 1 is 1.25 bits per heavy atom. The molecule has 5 nitrogen and oxygen atoms in total. The second-order valence-electron chi connectivity index (χ2n) is 6.48. The van der Waals surface area contributed by atoms with Crippen LogP contribution < -0.4 is 10.6 Å². The highest BCUT2D eigenvalue weighted by Crippen LogP contribution is 2.18. The standard InChI is InChI=1S/C18H26ClN3O2/c1-13(22(2)12-14-8-6-7-11-16(14)19)17(23)21-18(24)20-15-9-4-3-5-10-15/h6-8,11,13,15H,3-5,9-10,12H2,1-2H3,(H2,20,21,23,24). The summed E-state index contributed by atoms with van der Waals surface area (Å²) in [6, 6.07) is 6.90. The molecule has 24 heavy (non-hydrogen) atoms. The van der Waals surface area contributed by atoms with E-state index in [1.165, 1.54) is 6.42 Å². The van der Waals surface area contributed by atoms with Crippen molar-refractivity contribution in [1.29, 1.82) is 0 Å². The molecule has 6 heteroatoms. The molecule has 1 aromatic rings. The van der Waals surface area contributed by atoms with Crippen LogP contribution in [0.3, 0.4) is 0 Å². The first-order valence-electron chi connectivity index (χ1n) is 8.52. The maximum Gasteiger partial charge on any atom is 0.321 e. The third-order valence-corrected chi connectivity index (χ3v) is 4.96. The first kappa shape index (κ1) is 18.7. The summed E-state index contributed by atoms with van der Waals surface area (Å²) in [5, 5.41) is 6.01. The molecule has 1 saturated carbocycles. The molecule has 1 aliphatic carbocycles. The van der Waals surface area contributed by atoms with Crippen molar-refractivity contribution in [1.82, 2.24) is 15.5 Å². The fraction of sp³-hybridized carbons (Fsp3) is 0.556. The van der Waals surface area contributed by atoms with Crippen molar-refractivity contribution in [3.05, 3.63) is 34.9 Å². The van der Waals surface area contributed by atoms with Gasteiger partial charge in [-0.2, -0.15) is 0 Å². The van der Waals surface area contributed by atoms with Gasteiger partial charge in [0.15, 0.2) is 0 Å². The van der Waals surface area contributed by atoms with E-state index in [4.69, 9.17) is 11.6 Å². The quantitative estimate of drug-likeness (QED) is 0.855. The Balaban J connectivity index is 1.82. The monoisotopic (exact) mass is 351 g/mol. The molecule has 0 aromatic heterocycles. The summed E-state index contributed by atoms with van der Waals surface area (Å²) < 4.78 is 0. The molecular formula is C18H26ClN3O2.